The molecule has 2 rings (SSSR count). The molecule has 1 unspecified atom stereocenters. The maximum atomic E-state index is 13.7. The fraction of sp³-hybridized carbons (Fsp3) is 0.188. The Morgan fingerprint density at radius 3 is 2.65 bits per heavy atom. The van der Waals surface area contributed by atoms with Crippen molar-refractivity contribution in [2.75, 3.05) is 7.11 Å². The van der Waals surface area contributed by atoms with E-state index in [1.54, 1.807) is 30.3 Å². The van der Waals surface area contributed by atoms with E-state index in [0.717, 1.165) is 5.56 Å². The van der Waals surface area contributed by atoms with Crippen molar-refractivity contribution in [3.63, 3.8) is 0 Å². The van der Waals surface area contributed by atoms with E-state index in [9.17, 15) is 9.65 Å². The highest BCUT2D eigenvalue weighted by atomic mass is 35.5. The first kappa shape index (κ1) is 14.4. The molecule has 0 saturated carbocycles. The van der Waals surface area contributed by atoms with E-state index in [1.807, 2.05) is 6.07 Å². The topological polar surface area (TPSA) is 33.0 Å². The number of methoxy groups -OCH3 is 1. The Morgan fingerprint density at radius 2 is 2.05 bits per heavy atom. The molecule has 2 aromatic rings. The van der Waals surface area contributed by atoms with E-state index in [0.29, 0.717) is 22.8 Å². The van der Waals surface area contributed by atoms with Gasteiger partial charge in [-0.3, -0.25) is 0 Å². The van der Waals surface area contributed by atoms with Gasteiger partial charge in [0.2, 0.25) is 0 Å². The van der Waals surface area contributed by atoms with E-state index in [1.165, 1.54) is 13.2 Å². The standard InChI is InChI=1S/C16H13ClFNO/c1-20-16-7-6-11(9-14(16)17)8-12(10-19)13-4-2-3-5-15(13)18/h2-7,9,12H,8H2,1H3. The normalized spacial score (nSPS) is 11.7. The van der Waals surface area contributed by atoms with Crippen LogP contribution in [0.5, 0.6) is 5.75 Å². The van der Waals surface area contributed by atoms with Crippen LogP contribution in [0, 0.1) is 17.1 Å². The Morgan fingerprint density at radius 1 is 1.30 bits per heavy atom. The molecular weight excluding hydrogens is 277 g/mol. The lowest BCUT2D eigenvalue weighted by Gasteiger charge is -2.11. The lowest BCUT2D eigenvalue weighted by Crippen LogP contribution is -2.03. The van der Waals surface area contributed by atoms with Crippen LogP contribution >= 0.6 is 11.6 Å². The van der Waals surface area contributed by atoms with Crippen molar-refractivity contribution in [3.8, 4) is 11.8 Å². The third kappa shape index (κ3) is 3.09. The summed E-state index contributed by atoms with van der Waals surface area (Å²) in [6.07, 6.45) is 0.404. The van der Waals surface area contributed by atoms with Gasteiger partial charge in [-0.2, -0.15) is 5.26 Å². The summed E-state index contributed by atoms with van der Waals surface area (Å²) in [6.45, 7) is 0. The summed E-state index contributed by atoms with van der Waals surface area (Å²) in [5, 5.41) is 9.74. The van der Waals surface area contributed by atoms with Crippen LogP contribution < -0.4 is 4.74 Å². The van der Waals surface area contributed by atoms with Crippen LogP contribution in [0.25, 0.3) is 0 Å². The highest BCUT2D eigenvalue weighted by Gasteiger charge is 2.16. The number of ether oxygens (including phenoxy) is 1. The van der Waals surface area contributed by atoms with Gasteiger partial charge in [0.05, 0.1) is 24.1 Å². The molecule has 0 N–H and O–H groups in total. The van der Waals surface area contributed by atoms with Crippen LogP contribution in [0.3, 0.4) is 0 Å². The Labute approximate surface area is 122 Å². The minimum atomic E-state index is -0.541. The van der Waals surface area contributed by atoms with Crippen LogP contribution in [-0.2, 0) is 6.42 Å². The maximum Gasteiger partial charge on any atom is 0.137 e. The molecule has 2 nitrogen and oxygen atoms in total. The van der Waals surface area contributed by atoms with Gasteiger partial charge in [-0.1, -0.05) is 35.9 Å². The van der Waals surface area contributed by atoms with Crippen molar-refractivity contribution < 1.29 is 9.13 Å². The second kappa shape index (κ2) is 6.40. The van der Waals surface area contributed by atoms with Gasteiger partial charge in [-0.15, -0.1) is 0 Å². The first-order valence-corrected chi connectivity index (χ1v) is 6.50. The number of hydrogen-bond donors (Lipinski definition) is 0. The van der Waals surface area contributed by atoms with Crippen molar-refractivity contribution in [3.05, 3.63) is 64.4 Å². The molecule has 0 aliphatic rings. The van der Waals surface area contributed by atoms with Gasteiger partial charge in [0.15, 0.2) is 0 Å². The summed E-state index contributed by atoms with van der Waals surface area (Å²) < 4.78 is 18.8. The molecule has 0 heterocycles. The molecule has 102 valence electrons. The predicted molar refractivity (Wildman–Crippen MR) is 76.5 cm³/mol. The molecule has 2 aromatic carbocycles. The fourth-order valence-electron chi connectivity index (χ4n) is 2.06. The molecule has 1 atom stereocenters. The maximum absolute atomic E-state index is 13.7. The molecule has 0 spiro atoms. The Bertz CT molecular complexity index is 651. The monoisotopic (exact) mass is 289 g/mol. The first-order valence-electron chi connectivity index (χ1n) is 6.12. The molecule has 0 amide bonds. The Balaban J connectivity index is 2.26. The van der Waals surface area contributed by atoms with Crippen LogP contribution in [0.1, 0.15) is 17.0 Å². The number of hydrogen-bond acceptors (Lipinski definition) is 2. The van der Waals surface area contributed by atoms with Gasteiger partial charge >= 0.3 is 0 Å². The second-order valence-electron chi connectivity index (χ2n) is 4.38. The van der Waals surface area contributed by atoms with Gasteiger partial charge in [-0.05, 0) is 30.2 Å². The summed E-state index contributed by atoms with van der Waals surface area (Å²) in [5.74, 6) is -0.325. The SMILES string of the molecule is COc1ccc(CC(C#N)c2ccccc2F)cc1Cl. The number of benzene rings is 2. The largest absolute Gasteiger partial charge is 0.495 e. The van der Waals surface area contributed by atoms with Crippen molar-refractivity contribution in [1.82, 2.24) is 0 Å². The van der Waals surface area contributed by atoms with Gasteiger partial charge in [-0.25, -0.2) is 4.39 Å². The Hall–Kier alpha value is -2.05. The lowest BCUT2D eigenvalue weighted by molar-refractivity contribution is 0.415. The molecular formula is C16H13ClFNO. The van der Waals surface area contributed by atoms with Crippen molar-refractivity contribution >= 4 is 11.6 Å². The molecule has 0 bridgehead atoms. The van der Waals surface area contributed by atoms with Gasteiger partial charge in [0, 0.05) is 5.56 Å². The average Bonchev–Trinajstić information content (AvgIpc) is 2.46. The van der Waals surface area contributed by atoms with Crippen LogP contribution in [0.4, 0.5) is 4.39 Å². The van der Waals surface area contributed by atoms with Gasteiger partial charge in [0.25, 0.3) is 0 Å². The smallest absolute Gasteiger partial charge is 0.137 e. The minimum absolute atomic E-state index is 0.362. The molecule has 0 fully saturated rings. The average molecular weight is 290 g/mol. The summed E-state index contributed by atoms with van der Waals surface area (Å²) in [7, 11) is 1.54. The van der Waals surface area contributed by atoms with Gasteiger partial charge in [0.1, 0.15) is 11.6 Å². The summed E-state index contributed by atoms with van der Waals surface area (Å²) in [5.41, 5.74) is 1.27. The van der Waals surface area contributed by atoms with E-state index in [-0.39, 0.29) is 5.82 Å². The first-order chi connectivity index (χ1) is 9.65. The Kier molecular flexibility index (Phi) is 4.60. The van der Waals surface area contributed by atoms with Crippen LogP contribution in [0.15, 0.2) is 42.5 Å². The lowest BCUT2D eigenvalue weighted by atomic mass is 9.93. The zero-order valence-electron chi connectivity index (χ0n) is 10.9. The molecule has 0 aliphatic heterocycles. The number of nitrogens with zero attached hydrogens (tertiary/aromatic N) is 1. The second-order valence-corrected chi connectivity index (χ2v) is 4.78. The van der Waals surface area contributed by atoms with Gasteiger partial charge < -0.3 is 4.74 Å². The number of rotatable bonds is 4. The summed E-state index contributed by atoms with van der Waals surface area (Å²) in [4.78, 5) is 0. The molecule has 0 aliphatic carbocycles. The van der Waals surface area contributed by atoms with E-state index >= 15 is 0 Å². The third-order valence-electron chi connectivity index (χ3n) is 3.09. The van der Waals surface area contributed by atoms with E-state index < -0.39 is 5.92 Å². The number of nitriles is 1. The summed E-state index contributed by atoms with van der Waals surface area (Å²) in [6, 6.07) is 13.8. The highest BCUT2D eigenvalue weighted by Crippen LogP contribution is 2.28. The quantitative estimate of drug-likeness (QED) is 0.839. The highest BCUT2D eigenvalue weighted by molar-refractivity contribution is 6.32. The minimum Gasteiger partial charge on any atom is -0.495 e. The van der Waals surface area contributed by atoms with E-state index in [2.05, 4.69) is 6.07 Å². The van der Waals surface area contributed by atoms with E-state index in [4.69, 9.17) is 16.3 Å². The van der Waals surface area contributed by atoms with Crippen molar-refractivity contribution in [2.24, 2.45) is 0 Å². The zero-order valence-corrected chi connectivity index (χ0v) is 11.7. The van der Waals surface area contributed by atoms with Crippen LogP contribution in [-0.4, -0.2) is 7.11 Å². The van der Waals surface area contributed by atoms with Crippen molar-refractivity contribution in [2.45, 2.75) is 12.3 Å². The fourth-order valence-corrected chi connectivity index (χ4v) is 2.34. The van der Waals surface area contributed by atoms with Crippen molar-refractivity contribution in [1.29, 1.82) is 5.26 Å². The van der Waals surface area contributed by atoms with Crippen LogP contribution in [0.2, 0.25) is 5.02 Å². The molecule has 0 saturated heterocycles. The third-order valence-corrected chi connectivity index (χ3v) is 3.39. The number of halogens is 2. The molecule has 0 radical (unpaired) electrons. The summed E-state index contributed by atoms with van der Waals surface area (Å²) >= 11 is 6.05. The predicted octanol–water partition coefficient (Wildman–Crippen LogP) is 4.34. The molecule has 0 aromatic heterocycles. The molecule has 4 heteroatoms. The molecule has 20 heavy (non-hydrogen) atoms. The zero-order chi connectivity index (χ0) is 14.5.